The van der Waals surface area contributed by atoms with Gasteiger partial charge in [0, 0.05) is 44.1 Å². The third-order valence-corrected chi connectivity index (χ3v) is 5.52. The van der Waals surface area contributed by atoms with Crippen molar-refractivity contribution in [2.45, 2.75) is 13.0 Å². The molecule has 1 N–H and O–H groups in total. The third kappa shape index (κ3) is 6.51. The van der Waals surface area contributed by atoms with Gasteiger partial charge in [-0.2, -0.15) is 5.10 Å². The van der Waals surface area contributed by atoms with Crippen LogP contribution in [0, 0.1) is 0 Å². The molecule has 164 valence electrons. The second-order valence-corrected chi connectivity index (χ2v) is 8.31. The molecule has 0 atom stereocenters. The zero-order valence-corrected chi connectivity index (χ0v) is 19.0. The van der Waals surface area contributed by atoms with E-state index in [0.29, 0.717) is 23.1 Å². The number of nitrogens with zero attached hydrogens (tertiary/aromatic N) is 5. The Bertz CT molecular complexity index is 1020. The van der Waals surface area contributed by atoms with Crippen LogP contribution in [0.4, 0.5) is 0 Å². The van der Waals surface area contributed by atoms with Crippen LogP contribution in [-0.4, -0.2) is 69.4 Å². The number of likely N-dealkylation sites (N-methyl/N-ethyl adjacent to an activating group) is 1. The standard InChI is InChI=1S/C22H25Cl2N5O2/c1-27(2)10-11-28(9-7-22(30)31)15-18-13-21(16-4-3-8-25-14-16)26-29(18)17-5-6-19(23)20(24)12-17/h3-6,8,12-14H,7,9-11,15H2,1-2H3,(H,30,31). The molecule has 2 aromatic heterocycles. The van der Waals surface area contributed by atoms with E-state index in [1.165, 1.54) is 0 Å². The Morgan fingerprint density at radius 2 is 1.90 bits per heavy atom. The van der Waals surface area contributed by atoms with Crippen molar-refractivity contribution in [3.05, 3.63) is 64.5 Å². The molecule has 0 spiro atoms. The highest BCUT2D eigenvalue weighted by molar-refractivity contribution is 6.42. The molecule has 0 amide bonds. The van der Waals surface area contributed by atoms with Gasteiger partial charge < -0.3 is 10.0 Å². The quantitative estimate of drug-likeness (QED) is 0.490. The summed E-state index contributed by atoms with van der Waals surface area (Å²) in [6.45, 7) is 2.53. The summed E-state index contributed by atoms with van der Waals surface area (Å²) in [6, 6.07) is 11.2. The minimum atomic E-state index is -0.816. The Labute approximate surface area is 191 Å². The number of carboxylic acid groups (broad SMARTS) is 1. The number of carboxylic acids is 1. The van der Waals surface area contributed by atoms with Gasteiger partial charge in [-0.1, -0.05) is 23.2 Å². The average molecular weight is 462 g/mol. The molecule has 0 bridgehead atoms. The number of hydrogen-bond acceptors (Lipinski definition) is 5. The Kier molecular flexibility index (Phi) is 8.03. The molecule has 0 aliphatic rings. The van der Waals surface area contributed by atoms with Crippen LogP contribution in [0.5, 0.6) is 0 Å². The lowest BCUT2D eigenvalue weighted by Gasteiger charge is -2.23. The van der Waals surface area contributed by atoms with Crippen molar-refractivity contribution in [1.82, 2.24) is 24.6 Å². The molecule has 3 aromatic rings. The number of hydrogen-bond donors (Lipinski definition) is 1. The first kappa shape index (κ1) is 23.2. The minimum absolute atomic E-state index is 0.0732. The molecule has 0 unspecified atom stereocenters. The van der Waals surface area contributed by atoms with Gasteiger partial charge in [-0.25, -0.2) is 4.68 Å². The summed E-state index contributed by atoms with van der Waals surface area (Å²) in [4.78, 5) is 19.5. The summed E-state index contributed by atoms with van der Waals surface area (Å²) in [6.07, 6.45) is 3.55. The Hall–Kier alpha value is -2.45. The van der Waals surface area contributed by atoms with Crippen LogP contribution in [-0.2, 0) is 11.3 Å². The molecule has 0 saturated carbocycles. The zero-order valence-electron chi connectivity index (χ0n) is 17.5. The highest BCUT2D eigenvalue weighted by Crippen LogP contribution is 2.27. The fourth-order valence-electron chi connectivity index (χ4n) is 3.12. The van der Waals surface area contributed by atoms with Gasteiger partial charge in [-0.05, 0) is 50.5 Å². The van der Waals surface area contributed by atoms with Crippen molar-refractivity contribution in [3.8, 4) is 16.9 Å². The van der Waals surface area contributed by atoms with E-state index >= 15 is 0 Å². The molecule has 1 aromatic carbocycles. The molecule has 9 heteroatoms. The summed E-state index contributed by atoms with van der Waals surface area (Å²) < 4.78 is 1.83. The topological polar surface area (TPSA) is 74.5 Å². The van der Waals surface area contributed by atoms with E-state index in [-0.39, 0.29) is 6.42 Å². The van der Waals surface area contributed by atoms with Crippen molar-refractivity contribution in [2.75, 3.05) is 33.7 Å². The van der Waals surface area contributed by atoms with Crippen LogP contribution in [0.1, 0.15) is 12.1 Å². The maximum absolute atomic E-state index is 11.2. The maximum atomic E-state index is 11.2. The van der Waals surface area contributed by atoms with Crippen LogP contribution >= 0.6 is 23.2 Å². The molecular formula is C22H25Cl2N5O2. The lowest BCUT2D eigenvalue weighted by atomic mass is 10.2. The van der Waals surface area contributed by atoms with Gasteiger partial charge >= 0.3 is 5.97 Å². The van der Waals surface area contributed by atoms with Crippen molar-refractivity contribution in [2.24, 2.45) is 0 Å². The lowest BCUT2D eigenvalue weighted by Crippen LogP contribution is -2.33. The molecule has 0 radical (unpaired) electrons. The average Bonchev–Trinajstić information content (AvgIpc) is 3.16. The van der Waals surface area contributed by atoms with E-state index < -0.39 is 5.97 Å². The van der Waals surface area contributed by atoms with Crippen molar-refractivity contribution < 1.29 is 9.90 Å². The van der Waals surface area contributed by atoms with Crippen LogP contribution < -0.4 is 0 Å². The number of carbonyl (C=O) groups is 1. The summed E-state index contributed by atoms with van der Waals surface area (Å²) >= 11 is 12.3. The molecule has 0 aliphatic carbocycles. The summed E-state index contributed by atoms with van der Waals surface area (Å²) in [5.74, 6) is -0.816. The van der Waals surface area contributed by atoms with E-state index in [1.807, 2.05) is 43.0 Å². The molecule has 31 heavy (non-hydrogen) atoms. The van der Waals surface area contributed by atoms with Gasteiger partial charge in [0.1, 0.15) is 0 Å². The fourth-order valence-corrected chi connectivity index (χ4v) is 3.41. The molecule has 3 rings (SSSR count). The number of benzene rings is 1. The largest absolute Gasteiger partial charge is 0.481 e. The molecule has 2 heterocycles. The van der Waals surface area contributed by atoms with Crippen LogP contribution in [0.25, 0.3) is 16.9 Å². The van der Waals surface area contributed by atoms with Gasteiger partial charge in [0.2, 0.25) is 0 Å². The van der Waals surface area contributed by atoms with E-state index in [4.69, 9.17) is 33.4 Å². The second kappa shape index (κ2) is 10.7. The predicted molar refractivity (Wildman–Crippen MR) is 123 cm³/mol. The smallest absolute Gasteiger partial charge is 0.304 e. The van der Waals surface area contributed by atoms with Crippen LogP contribution in [0.2, 0.25) is 10.0 Å². The van der Waals surface area contributed by atoms with E-state index in [2.05, 4.69) is 14.8 Å². The normalized spacial score (nSPS) is 11.4. The Morgan fingerprint density at radius 1 is 1.10 bits per heavy atom. The molecule has 7 nitrogen and oxygen atoms in total. The summed E-state index contributed by atoms with van der Waals surface area (Å²) in [7, 11) is 3.99. The SMILES string of the molecule is CN(C)CCN(CCC(=O)O)Cc1cc(-c2cccnc2)nn1-c1ccc(Cl)c(Cl)c1. The highest BCUT2D eigenvalue weighted by Gasteiger charge is 2.17. The Balaban J connectivity index is 1.97. The van der Waals surface area contributed by atoms with E-state index in [0.717, 1.165) is 35.7 Å². The first-order valence-electron chi connectivity index (χ1n) is 9.87. The van der Waals surface area contributed by atoms with Crippen LogP contribution in [0.15, 0.2) is 48.8 Å². The van der Waals surface area contributed by atoms with Crippen LogP contribution in [0.3, 0.4) is 0 Å². The fraction of sp³-hybridized carbons (Fsp3) is 0.318. The van der Waals surface area contributed by atoms with Crippen molar-refractivity contribution in [1.29, 1.82) is 0 Å². The zero-order chi connectivity index (χ0) is 22.4. The highest BCUT2D eigenvalue weighted by atomic mass is 35.5. The van der Waals surface area contributed by atoms with Gasteiger partial charge in [-0.3, -0.25) is 14.7 Å². The first-order chi connectivity index (χ1) is 14.8. The number of aromatic nitrogens is 3. The van der Waals surface area contributed by atoms with E-state index in [1.54, 1.807) is 24.5 Å². The van der Waals surface area contributed by atoms with Gasteiger partial charge in [-0.15, -0.1) is 0 Å². The molecule has 0 aliphatic heterocycles. The predicted octanol–water partition coefficient (Wildman–Crippen LogP) is 4.08. The van der Waals surface area contributed by atoms with Gasteiger partial charge in [0.15, 0.2) is 0 Å². The van der Waals surface area contributed by atoms with Crippen molar-refractivity contribution in [3.63, 3.8) is 0 Å². The second-order valence-electron chi connectivity index (χ2n) is 7.50. The summed E-state index contributed by atoms with van der Waals surface area (Å²) in [5.41, 5.74) is 3.37. The summed E-state index contributed by atoms with van der Waals surface area (Å²) in [5, 5.41) is 14.9. The Morgan fingerprint density at radius 3 is 2.55 bits per heavy atom. The molecule has 0 fully saturated rings. The molecular weight excluding hydrogens is 437 g/mol. The number of aliphatic carboxylic acids is 1. The number of halogens is 2. The van der Waals surface area contributed by atoms with Gasteiger partial charge in [0.05, 0.1) is 33.5 Å². The maximum Gasteiger partial charge on any atom is 0.304 e. The number of pyridine rings is 1. The number of rotatable bonds is 10. The first-order valence-corrected chi connectivity index (χ1v) is 10.6. The van der Waals surface area contributed by atoms with Crippen molar-refractivity contribution >= 4 is 29.2 Å². The lowest BCUT2D eigenvalue weighted by molar-refractivity contribution is -0.137. The van der Waals surface area contributed by atoms with Gasteiger partial charge in [0.25, 0.3) is 0 Å². The van der Waals surface area contributed by atoms with E-state index in [9.17, 15) is 4.79 Å². The third-order valence-electron chi connectivity index (χ3n) is 4.78. The molecule has 0 saturated heterocycles. The minimum Gasteiger partial charge on any atom is -0.481 e. The monoisotopic (exact) mass is 461 g/mol.